The van der Waals surface area contributed by atoms with Crippen molar-refractivity contribution in [1.29, 1.82) is 0 Å². The summed E-state index contributed by atoms with van der Waals surface area (Å²) in [6, 6.07) is 17.0. The molecule has 1 N–H and O–H groups in total. The van der Waals surface area contributed by atoms with Gasteiger partial charge in [-0.1, -0.05) is 50.2 Å². The van der Waals surface area contributed by atoms with E-state index in [2.05, 4.69) is 55.1 Å². The number of hydrogen-bond donors (Lipinski definition) is 1. The molecule has 0 saturated carbocycles. The fraction of sp³-hybridized carbons (Fsp3) is 0.478. The molecule has 1 aliphatic carbocycles. The van der Waals surface area contributed by atoms with Gasteiger partial charge in [0.2, 0.25) is 0 Å². The number of benzene rings is 2. The molecule has 0 aromatic heterocycles. The molecule has 2 aromatic carbocycles. The zero-order valence-corrected chi connectivity index (χ0v) is 16.0. The number of methoxy groups -OCH3 is 1. The molecule has 0 amide bonds. The lowest BCUT2D eigenvalue weighted by Crippen LogP contribution is -2.58. The summed E-state index contributed by atoms with van der Waals surface area (Å²) in [6.45, 7) is 6.77. The largest absolute Gasteiger partial charge is 0.508 e. The molecule has 1 heterocycles. The monoisotopic (exact) mass is 351 g/mol. The van der Waals surface area contributed by atoms with Crippen LogP contribution in [0.4, 0.5) is 0 Å². The Morgan fingerprint density at radius 2 is 2.00 bits per heavy atom. The fourth-order valence-corrected chi connectivity index (χ4v) is 5.12. The van der Waals surface area contributed by atoms with E-state index in [1.807, 2.05) is 19.2 Å². The summed E-state index contributed by atoms with van der Waals surface area (Å²) in [7, 11) is 1.81. The van der Waals surface area contributed by atoms with Crippen molar-refractivity contribution >= 4 is 0 Å². The van der Waals surface area contributed by atoms with E-state index in [0.29, 0.717) is 17.7 Å². The van der Waals surface area contributed by atoms with Gasteiger partial charge in [-0.25, -0.2) is 0 Å². The summed E-state index contributed by atoms with van der Waals surface area (Å²) in [6.07, 6.45) is 2.28. The van der Waals surface area contributed by atoms with Gasteiger partial charge in [-0.3, -0.25) is 4.90 Å². The van der Waals surface area contributed by atoms with E-state index in [-0.39, 0.29) is 11.5 Å². The molecule has 2 bridgehead atoms. The predicted octanol–water partition coefficient (Wildman–Crippen LogP) is 4.30. The van der Waals surface area contributed by atoms with Crippen LogP contribution in [0.15, 0.2) is 48.5 Å². The van der Waals surface area contributed by atoms with Gasteiger partial charge in [0.15, 0.2) is 0 Å². The molecule has 0 radical (unpaired) electrons. The van der Waals surface area contributed by atoms with Crippen molar-refractivity contribution in [1.82, 2.24) is 4.90 Å². The fourth-order valence-electron chi connectivity index (χ4n) is 5.12. The van der Waals surface area contributed by atoms with Crippen LogP contribution in [0.25, 0.3) is 0 Å². The molecule has 2 aromatic rings. The summed E-state index contributed by atoms with van der Waals surface area (Å²) in [5, 5.41) is 9.99. The van der Waals surface area contributed by atoms with E-state index < -0.39 is 0 Å². The maximum absolute atomic E-state index is 9.99. The Morgan fingerprint density at radius 1 is 1.23 bits per heavy atom. The standard InChI is InChI=1S/C23H29NO2/c1-16-21-13-18-9-10-19(25)14-20(18)23(16,2)11-12-24(21)15-22(26-3)17-7-5-4-6-8-17/h4-10,14,16,21-22,25H,11-13,15H2,1-3H3/t16-,21-,22-,23+/m0/s1. The van der Waals surface area contributed by atoms with Crippen molar-refractivity contribution in [3.8, 4) is 5.75 Å². The second-order valence-electron chi connectivity index (χ2n) is 8.20. The first-order valence-electron chi connectivity index (χ1n) is 9.67. The van der Waals surface area contributed by atoms with Crippen LogP contribution in [0.3, 0.4) is 0 Å². The molecule has 1 aliphatic heterocycles. The second kappa shape index (κ2) is 6.71. The third-order valence-electron chi connectivity index (χ3n) is 6.96. The van der Waals surface area contributed by atoms with Crippen molar-refractivity contribution in [3.63, 3.8) is 0 Å². The number of hydrogen-bond acceptors (Lipinski definition) is 3. The normalized spacial score (nSPS) is 29.2. The van der Waals surface area contributed by atoms with Gasteiger partial charge in [-0.05, 0) is 59.5 Å². The highest BCUT2D eigenvalue weighted by atomic mass is 16.5. The Hall–Kier alpha value is -1.84. The van der Waals surface area contributed by atoms with Crippen molar-refractivity contribution in [3.05, 3.63) is 65.2 Å². The Morgan fingerprint density at radius 3 is 2.73 bits per heavy atom. The quantitative estimate of drug-likeness (QED) is 0.891. The summed E-state index contributed by atoms with van der Waals surface area (Å²) in [5.74, 6) is 0.945. The van der Waals surface area contributed by atoms with Crippen LogP contribution in [0, 0.1) is 5.92 Å². The van der Waals surface area contributed by atoms with Gasteiger partial charge in [0, 0.05) is 19.7 Å². The van der Waals surface area contributed by atoms with Crippen LogP contribution in [-0.2, 0) is 16.6 Å². The topological polar surface area (TPSA) is 32.7 Å². The minimum atomic E-state index is 0.106. The highest BCUT2D eigenvalue weighted by molar-refractivity contribution is 5.44. The first-order chi connectivity index (χ1) is 12.5. The number of aromatic hydroxyl groups is 1. The lowest BCUT2D eigenvalue weighted by molar-refractivity contribution is -0.0123. The average molecular weight is 351 g/mol. The number of phenolic OH excluding ortho intramolecular Hbond substituents is 1. The lowest BCUT2D eigenvalue weighted by atomic mass is 9.59. The summed E-state index contributed by atoms with van der Waals surface area (Å²) in [4.78, 5) is 2.63. The van der Waals surface area contributed by atoms with Gasteiger partial charge in [0.25, 0.3) is 0 Å². The summed E-state index contributed by atoms with van der Waals surface area (Å²) < 4.78 is 5.85. The van der Waals surface area contributed by atoms with E-state index >= 15 is 0 Å². The van der Waals surface area contributed by atoms with Crippen LogP contribution in [0.5, 0.6) is 5.75 Å². The van der Waals surface area contributed by atoms with Crippen molar-refractivity contribution in [2.45, 2.75) is 44.2 Å². The SMILES string of the molecule is CO[C@@H](CN1CC[C@@]2(C)c3cc(O)ccc3C[C@H]1[C@@H]2C)c1ccccc1. The minimum Gasteiger partial charge on any atom is -0.508 e. The van der Waals surface area contributed by atoms with Crippen LogP contribution in [0.1, 0.15) is 43.1 Å². The molecule has 2 aliphatic rings. The minimum absolute atomic E-state index is 0.106. The highest BCUT2D eigenvalue weighted by Gasteiger charge is 2.48. The molecule has 0 spiro atoms. The van der Waals surface area contributed by atoms with E-state index in [9.17, 15) is 5.11 Å². The van der Waals surface area contributed by atoms with Crippen LogP contribution < -0.4 is 0 Å². The molecule has 4 rings (SSSR count). The molecular formula is C23H29NO2. The number of fused-ring (bicyclic) bond motifs is 4. The zero-order chi connectivity index (χ0) is 18.3. The smallest absolute Gasteiger partial charge is 0.115 e. The first-order valence-corrected chi connectivity index (χ1v) is 9.67. The second-order valence-corrected chi connectivity index (χ2v) is 8.20. The zero-order valence-electron chi connectivity index (χ0n) is 16.0. The van der Waals surface area contributed by atoms with Crippen LogP contribution >= 0.6 is 0 Å². The Balaban J connectivity index is 1.61. The summed E-state index contributed by atoms with van der Waals surface area (Å²) in [5.41, 5.74) is 4.14. The number of ether oxygens (including phenoxy) is 1. The number of phenols is 1. The number of likely N-dealkylation sites (tertiary alicyclic amines) is 1. The van der Waals surface area contributed by atoms with E-state index in [1.165, 1.54) is 16.7 Å². The van der Waals surface area contributed by atoms with E-state index in [0.717, 1.165) is 25.9 Å². The third kappa shape index (κ3) is 2.83. The number of piperidine rings is 1. The molecule has 1 fully saturated rings. The Kier molecular flexibility index (Phi) is 4.54. The maximum atomic E-state index is 9.99. The predicted molar refractivity (Wildman–Crippen MR) is 104 cm³/mol. The number of nitrogens with zero attached hydrogens (tertiary/aromatic N) is 1. The van der Waals surface area contributed by atoms with Crippen molar-refractivity contribution in [2.24, 2.45) is 5.92 Å². The van der Waals surface area contributed by atoms with Gasteiger partial charge in [-0.15, -0.1) is 0 Å². The summed E-state index contributed by atoms with van der Waals surface area (Å²) >= 11 is 0. The van der Waals surface area contributed by atoms with Crippen LogP contribution in [0.2, 0.25) is 0 Å². The third-order valence-corrected chi connectivity index (χ3v) is 6.96. The first kappa shape index (κ1) is 17.6. The van der Waals surface area contributed by atoms with Gasteiger partial charge < -0.3 is 9.84 Å². The lowest BCUT2D eigenvalue weighted by Gasteiger charge is -2.55. The van der Waals surface area contributed by atoms with E-state index in [1.54, 1.807) is 0 Å². The number of rotatable bonds is 4. The molecular weight excluding hydrogens is 322 g/mol. The van der Waals surface area contributed by atoms with Gasteiger partial charge in [-0.2, -0.15) is 0 Å². The molecule has 26 heavy (non-hydrogen) atoms. The van der Waals surface area contributed by atoms with Gasteiger partial charge in [0.05, 0.1) is 6.10 Å². The highest BCUT2D eigenvalue weighted by Crippen LogP contribution is 2.49. The Bertz CT molecular complexity index is 775. The average Bonchev–Trinajstić information content (AvgIpc) is 2.65. The van der Waals surface area contributed by atoms with Gasteiger partial charge >= 0.3 is 0 Å². The molecule has 138 valence electrons. The Labute approximate surface area is 156 Å². The molecule has 3 nitrogen and oxygen atoms in total. The maximum Gasteiger partial charge on any atom is 0.115 e. The van der Waals surface area contributed by atoms with Gasteiger partial charge in [0.1, 0.15) is 5.75 Å². The van der Waals surface area contributed by atoms with E-state index in [4.69, 9.17) is 4.74 Å². The molecule has 0 unspecified atom stereocenters. The van der Waals surface area contributed by atoms with Crippen molar-refractivity contribution < 1.29 is 9.84 Å². The van der Waals surface area contributed by atoms with Crippen LogP contribution in [-0.4, -0.2) is 36.2 Å². The van der Waals surface area contributed by atoms with Crippen molar-refractivity contribution in [2.75, 3.05) is 20.2 Å². The molecule has 4 atom stereocenters. The molecule has 3 heteroatoms. The molecule has 1 saturated heterocycles.